The van der Waals surface area contributed by atoms with Gasteiger partial charge in [0, 0.05) is 18.1 Å². The quantitative estimate of drug-likeness (QED) is 0.478. The molecular formula is C16H7Cl3F3N7O. The Hall–Kier alpha value is -3.07. The summed E-state index contributed by atoms with van der Waals surface area (Å²) in [5, 5.41) is 24.5. The maximum absolute atomic E-state index is 12.7. The van der Waals surface area contributed by atoms with Crippen molar-refractivity contribution in [3.05, 3.63) is 57.1 Å². The second kappa shape index (κ2) is 8.74. The molecule has 2 aromatic heterocycles. The number of ether oxygens (including phenoxy) is 1. The van der Waals surface area contributed by atoms with Crippen LogP contribution in [0.5, 0.6) is 11.6 Å². The van der Waals surface area contributed by atoms with Crippen molar-refractivity contribution >= 4 is 46.1 Å². The lowest BCUT2D eigenvalue weighted by atomic mass is 10.2. The minimum Gasteiger partial charge on any atom is -0.434 e. The van der Waals surface area contributed by atoms with Gasteiger partial charge in [0.2, 0.25) is 11.7 Å². The second-order valence-electron chi connectivity index (χ2n) is 5.43. The van der Waals surface area contributed by atoms with Crippen LogP contribution in [0.3, 0.4) is 0 Å². The molecular weight excluding hydrogens is 470 g/mol. The number of aromatic nitrogens is 5. The highest BCUT2D eigenvalue weighted by Gasteiger charge is 2.32. The molecule has 2 N–H and O–H groups in total. The molecule has 0 spiro atoms. The summed E-state index contributed by atoms with van der Waals surface area (Å²) in [6, 6.07) is 5.37. The van der Waals surface area contributed by atoms with E-state index in [9.17, 15) is 13.2 Å². The van der Waals surface area contributed by atoms with Gasteiger partial charge in [0.25, 0.3) is 0 Å². The minimum atomic E-state index is -4.60. The van der Waals surface area contributed by atoms with Gasteiger partial charge in [-0.15, -0.1) is 10.2 Å². The number of halogens is 6. The van der Waals surface area contributed by atoms with Gasteiger partial charge in [0.15, 0.2) is 5.75 Å². The van der Waals surface area contributed by atoms with Crippen molar-refractivity contribution in [3.8, 4) is 17.7 Å². The molecule has 30 heavy (non-hydrogen) atoms. The zero-order chi connectivity index (χ0) is 21.9. The van der Waals surface area contributed by atoms with Gasteiger partial charge in [-0.3, -0.25) is 0 Å². The molecule has 0 aliphatic heterocycles. The van der Waals surface area contributed by atoms with Crippen LogP contribution in [0, 0.1) is 11.3 Å². The van der Waals surface area contributed by atoms with Crippen molar-refractivity contribution in [1.82, 2.24) is 25.6 Å². The van der Waals surface area contributed by atoms with E-state index in [1.165, 1.54) is 18.3 Å². The van der Waals surface area contributed by atoms with Crippen LogP contribution in [0.25, 0.3) is 5.57 Å². The van der Waals surface area contributed by atoms with Crippen LogP contribution in [-0.4, -0.2) is 25.6 Å². The number of rotatable bonds is 5. The molecule has 0 saturated heterocycles. The molecule has 0 fully saturated rings. The van der Waals surface area contributed by atoms with Crippen molar-refractivity contribution < 1.29 is 17.9 Å². The molecule has 3 aromatic rings. The molecule has 0 saturated carbocycles. The molecule has 14 heteroatoms. The number of anilines is 1. The molecule has 1 aromatic carbocycles. The van der Waals surface area contributed by atoms with E-state index in [1.54, 1.807) is 0 Å². The van der Waals surface area contributed by atoms with Crippen molar-refractivity contribution in [1.29, 1.82) is 5.26 Å². The lowest BCUT2D eigenvalue weighted by Crippen LogP contribution is -2.06. The summed E-state index contributed by atoms with van der Waals surface area (Å²) in [5.41, 5.74) is -0.574. The number of alkyl halides is 3. The zero-order valence-corrected chi connectivity index (χ0v) is 16.6. The summed E-state index contributed by atoms with van der Waals surface area (Å²) in [5.74, 6) is -0.302. The number of H-pyrrole nitrogens is 1. The van der Waals surface area contributed by atoms with E-state index >= 15 is 0 Å². The van der Waals surface area contributed by atoms with Crippen molar-refractivity contribution in [2.24, 2.45) is 0 Å². The first kappa shape index (κ1) is 21.6. The molecule has 0 bridgehead atoms. The summed E-state index contributed by atoms with van der Waals surface area (Å²) in [7, 11) is 0. The molecule has 0 radical (unpaired) electrons. The molecule has 2 heterocycles. The molecule has 0 aliphatic carbocycles. The van der Waals surface area contributed by atoms with Crippen LogP contribution in [0.1, 0.15) is 11.4 Å². The second-order valence-corrected chi connectivity index (χ2v) is 6.65. The van der Waals surface area contributed by atoms with Gasteiger partial charge in [-0.05, 0) is 23.4 Å². The fourth-order valence-electron chi connectivity index (χ4n) is 2.07. The fraction of sp³-hybridized carbons (Fsp3) is 0.0625. The summed E-state index contributed by atoms with van der Waals surface area (Å²) < 4.78 is 43.5. The Bertz CT molecular complexity index is 1120. The number of pyridine rings is 1. The van der Waals surface area contributed by atoms with Crippen LogP contribution < -0.4 is 10.1 Å². The van der Waals surface area contributed by atoms with Gasteiger partial charge in [-0.25, -0.2) is 4.98 Å². The number of tetrazole rings is 1. The van der Waals surface area contributed by atoms with Gasteiger partial charge in [-0.1, -0.05) is 34.8 Å². The zero-order valence-electron chi connectivity index (χ0n) is 14.3. The number of nitrogens with one attached hydrogen (secondary N) is 2. The number of hydrogen-bond acceptors (Lipinski definition) is 7. The number of hydrogen-bond donors (Lipinski definition) is 2. The molecule has 8 nitrogen and oxygen atoms in total. The summed E-state index contributed by atoms with van der Waals surface area (Å²) in [4.78, 5) is 3.57. The Morgan fingerprint density at radius 3 is 2.40 bits per heavy atom. The Kier molecular flexibility index (Phi) is 6.31. The normalized spacial score (nSPS) is 11.8. The van der Waals surface area contributed by atoms with Crippen LogP contribution in [0.2, 0.25) is 15.1 Å². The van der Waals surface area contributed by atoms with Crippen molar-refractivity contribution in [3.63, 3.8) is 0 Å². The average Bonchev–Trinajstić information content (AvgIpc) is 3.20. The Balaban J connectivity index is 1.83. The molecule has 0 amide bonds. The highest BCUT2D eigenvalue weighted by Crippen LogP contribution is 2.41. The Labute approximate surface area is 181 Å². The van der Waals surface area contributed by atoms with Gasteiger partial charge in [0.05, 0.1) is 15.6 Å². The maximum Gasteiger partial charge on any atom is 0.417 e. The first-order valence-electron chi connectivity index (χ1n) is 7.69. The topological polar surface area (TPSA) is 112 Å². The van der Waals surface area contributed by atoms with E-state index in [-0.39, 0.29) is 38.1 Å². The highest BCUT2D eigenvalue weighted by atomic mass is 35.5. The maximum atomic E-state index is 12.7. The highest BCUT2D eigenvalue weighted by molar-refractivity contribution is 6.37. The van der Waals surface area contributed by atoms with E-state index in [0.29, 0.717) is 18.0 Å². The summed E-state index contributed by atoms with van der Waals surface area (Å²) in [6.45, 7) is 0. The SMILES string of the molecule is N#CC(=CNc1cc(Cl)c(Oc2ncc(C(F)(F)F)cc2Cl)c(Cl)c1)c1nn[nH]n1. The summed E-state index contributed by atoms with van der Waals surface area (Å²) in [6.07, 6.45) is -2.72. The molecule has 0 atom stereocenters. The lowest BCUT2D eigenvalue weighted by Gasteiger charge is -2.13. The summed E-state index contributed by atoms with van der Waals surface area (Å²) >= 11 is 18.2. The third-order valence-electron chi connectivity index (χ3n) is 3.42. The number of allylic oxidation sites excluding steroid dienone is 1. The molecule has 154 valence electrons. The molecule has 0 aliphatic rings. The third kappa shape index (κ3) is 4.91. The minimum absolute atomic E-state index is 0.00855. The largest absolute Gasteiger partial charge is 0.434 e. The van der Waals surface area contributed by atoms with E-state index in [4.69, 9.17) is 44.8 Å². The molecule has 3 rings (SSSR count). The van der Waals surface area contributed by atoms with Crippen LogP contribution in [0.4, 0.5) is 18.9 Å². The van der Waals surface area contributed by atoms with Crippen LogP contribution >= 0.6 is 34.8 Å². The third-order valence-corrected chi connectivity index (χ3v) is 4.25. The van der Waals surface area contributed by atoms with Crippen LogP contribution in [0.15, 0.2) is 30.6 Å². The predicted molar refractivity (Wildman–Crippen MR) is 102 cm³/mol. The van der Waals surface area contributed by atoms with E-state index in [0.717, 1.165) is 0 Å². The number of aromatic amines is 1. The van der Waals surface area contributed by atoms with Gasteiger partial charge in [0.1, 0.15) is 16.7 Å². The average molecular weight is 477 g/mol. The smallest absolute Gasteiger partial charge is 0.417 e. The van der Waals surface area contributed by atoms with E-state index in [1.807, 2.05) is 6.07 Å². The number of benzene rings is 1. The van der Waals surface area contributed by atoms with Crippen molar-refractivity contribution in [2.75, 3.05) is 5.32 Å². The first-order chi connectivity index (χ1) is 14.2. The number of nitrogens with zero attached hydrogens (tertiary/aromatic N) is 5. The predicted octanol–water partition coefficient (Wildman–Crippen LogP) is 5.34. The Morgan fingerprint density at radius 1 is 1.17 bits per heavy atom. The van der Waals surface area contributed by atoms with Gasteiger partial charge < -0.3 is 10.1 Å². The lowest BCUT2D eigenvalue weighted by molar-refractivity contribution is -0.137. The van der Waals surface area contributed by atoms with E-state index in [2.05, 4.69) is 30.9 Å². The van der Waals surface area contributed by atoms with Gasteiger partial charge >= 0.3 is 6.18 Å². The fourth-order valence-corrected chi connectivity index (χ4v) is 2.84. The monoisotopic (exact) mass is 475 g/mol. The Morgan fingerprint density at radius 2 is 1.87 bits per heavy atom. The molecule has 0 unspecified atom stereocenters. The standard InChI is InChI=1S/C16H7Cl3F3N7O/c17-10-2-9(24-5-7(4-23)14-26-28-29-27-14)3-11(18)13(10)30-15-12(19)1-8(6-25-15)16(20,21)22/h1-3,5-6,24H,(H,26,27,28,29). The van der Waals surface area contributed by atoms with Crippen molar-refractivity contribution in [2.45, 2.75) is 6.18 Å². The number of nitriles is 1. The van der Waals surface area contributed by atoms with Gasteiger partial charge in [-0.2, -0.15) is 23.6 Å². The van der Waals surface area contributed by atoms with E-state index < -0.39 is 11.7 Å². The first-order valence-corrected chi connectivity index (χ1v) is 8.82. The van der Waals surface area contributed by atoms with Crippen LogP contribution in [-0.2, 0) is 6.18 Å².